The quantitative estimate of drug-likeness (QED) is 0.887. The molecule has 0 amide bonds. The van der Waals surface area contributed by atoms with Crippen LogP contribution in [-0.4, -0.2) is 54.6 Å². The van der Waals surface area contributed by atoms with Crippen LogP contribution in [0.3, 0.4) is 0 Å². The highest BCUT2D eigenvalue weighted by molar-refractivity contribution is 7.89. The van der Waals surface area contributed by atoms with Crippen molar-refractivity contribution in [1.82, 2.24) is 14.3 Å². The Labute approximate surface area is 135 Å². The number of nitrogens with two attached hydrogens (primary N) is 1. The molecule has 1 aliphatic rings. The number of nitrogens with zero attached hydrogens (tertiary/aromatic N) is 4. The van der Waals surface area contributed by atoms with E-state index in [4.69, 9.17) is 10.2 Å². The monoisotopic (exact) mass is 339 g/mol. The van der Waals surface area contributed by atoms with Crippen LogP contribution in [0.4, 0.5) is 11.7 Å². The summed E-state index contributed by atoms with van der Waals surface area (Å²) in [7, 11) is -1.48. The van der Waals surface area contributed by atoms with Crippen molar-refractivity contribution in [2.45, 2.75) is 25.8 Å². The van der Waals surface area contributed by atoms with Crippen LogP contribution < -0.4 is 10.6 Å². The summed E-state index contributed by atoms with van der Waals surface area (Å²) in [6.45, 7) is 3.16. The van der Waals surface area contributed by atoms with Gasteiger partial charge in [0.1, 0.15) is 0 Å². The molecule has 0 spiro atoms. The number of hydrogen-bond donors (Lipinski definition) is 1. The maximum Gasteiger partial charge on any atom is 0.294 e. The van der Waals surface area contributed by atoms with Crippen LogP contribution in [0.15, 0.2) is 16.7 Å². The van der Waals surface area contributed by atoms with Crippen LogP contribution in [-0.2, 0) is 10.0 Å². The molecule has 3 rings (SSSR count). The van der Waals surface area contributed by atoms with Gasteiger partial charge in [0.05, 0.1) is 11.4 Å². The molecule has 1 aliphatic heterocycles. The Morgan fingerprint density at radius 1 is 1.43 bits per heavy atom. The molecule has 0 atom stereocenters. The summed E-state index contributed by atoms with van der Waals surface area (Å²) in [5.41, 5.74) is 7.58. The second-order valence-corrected chi connectivity index (χ2v) is 7.99. The van der Waals surface area contributed by atoms with Gasteiger partial charge >= 0.3 is 0 Å². The molecule has 126 valence electrons. The van der Waals surface area contributed by atoms with Crippen molar-refractivity contribution in [1.29, 1.82) is 0 Å². The van der Waals surface area contributed by atoms with Crippen LogP contribution in [0, 0.1) is 0 Å². The molecule has 9 heteroatoms. The van der Waals surface area contributed by atoms with Gasteiger partial charge in [-0.15, -0.1) is 0 Å². The van der Waals surface area contributed by atoms with Gasteiger partial charge in [-0.2, -0.15) is 4.98 Å². The number of sulfonamides is 1. The number of pyridine rings is 1. The van der Waals surface area contributed by atoms with Crippen LogP contribution >= 0.6 is 0 Å². The minimum atomic E-state index is -3.15. The molecule has 2 aromatic heterocycles. The molecule has 0 bridgehead atoms. The molecule has 0 radical (unpaired) electrons. The summed E-state index contributed by atoms with van der Waals surface area (Å²) in [5.74, 6) is 0.131. The topological polar surface area (TPSA) is 106 Å². The Hall–Kier alpha value is -1.87. The van der Waals surface area contributed by atoms with Crippen LogP contribution in [0.1, 0.15) is 19.8 Å². The third kappa shape index (κ3) is 2.98. The summed E-state index contributed by atoms with van der Waals surface area (Å²) in [6.07, 6.45) is 3.21. The van der Waals surface area contributed by atoms with Crippen molar-refractivity contribution in [2.75, 3.05) is 36.5 Å². The third-order valence-corrected chi connectivity index (χ3v) is 6.32. The van der Waals surface area contributed by atoms with Gasteiger partial charge in [-0.1, -0.05) is 0 Å². The molecule has 0 aromatic carbocycles. The van der Waals surface area contributed by atoms with Gasteiger partial charge in [0.15, 0.2) is 5.58 Å². The first kappa shape index (κ1) is 16.0. The molecule has 2 aromatic rings. The molecule has 1 fully saturated rings. The van der Waals surface area contributed by atoms with E-state index in [2.05, 4.69) is 14.9 Å². The molecule has 0 unspecified atom stereocenters. The fraction of sp³-hybridized carbons (Fsp3) is 0.571. The number of nitrogen functional groups attached to an aromatic ring is 1. The molecule has 0 aliphatic carbocycles. The van der Waals surface area contributed by atoms with E-state index in [-0.39, 0.29) is 17.8 Å². The number of hydrogen-bond acceptors (Lipinski definition) is 7. The minimum Gasteiger partial charge on any atom is -0.420 e. The van der Waals surface area contributed by atoms with Crippen LogP contribution in [0.5, 0.6) is 0 Å². The molecular weight excluding hydrogens is 318 g/mol. The van der Waals surface area contributed by atoms with Gasteiger partial charge in [-0.3, -0.25) is 0 Å². The van der Waals surface area contributed by atoms with Gasteiger partial charge in [0.25, 0.3) is 6.01 Å². The maximum absolute atomic E-state index is 12.0. The minimum absolute atomic E-state index is 0.0355. The first-order valence-electron chi connectivity index (χ1n) is 7.64. The SMILES string of the molecule is CCS(=O)(=O)N(C)C1CCN(c2ccnc3nc(N)oc23)CC1. The Balaban J connectivity index is 1.76. The largest absolute Gasteiger partial charge is 0.420 e. The molecule has 23 heavy (non-hydrogen) atoms. The highest BCUT2D eigenvalue weighted by atomic mass is 32.2. The number of aromatic nitrogens is 2. The molecule has 8 nitrogen and oxygen atoms in total. The predicted octanol–water partition coefficient (Wildman–Crippen LogP) is 1.06. The fourth-order valence-electron chi connectivity index (χ4n) is 2.99. The first-order valence-corrected chi connectivity index (χ1v) is 9.25. The number of fused-ring (bicyclic) bond motifs is 1. The number of oxazole rings is 1. The van der Waals surface area contributed by atoms with Crippen molar-refractivity contribution >= 4 is 33.0 Å². The number of piperidine rings is 1. The van der Waals surface area contributed by atoms with E-state index >= 15 is 0 Å². The summed E-state index contributed by atoms with van der Waals surface area (Å²) in [4.78, 5) is 10.4. The molecule has 0 saturated carbocycles. The highest BCUT2D eigenvalue weighted by Gasteiger charge is 2.29. The lowest BCUT2D eigenvalue weighted by Gasteiger charge is -2.37. The van der Waals surface area contributed by atoms with Crippen LogP contribution in [0.25, 0.3) is 11.2 Å². The standard InChI is InChI=1S/C14H21N5O3S/c1-3-23(20,21)18(2)10-5-8-19(9-6-10)11-4-7-16-13-12(11)22-14(15)17-13/h4,7,10H,3,5-6,8-9H2,1-2H3,(H2,15,16,17). The Morgan fingerprint density at radius 2 is 2.13 bits per heavy atom. The van der Waals surface area contributed by atoms with Gasteiger partial charge < -0.3 is 15.1 Å². The van der Waals surface area contributed by atoms with Crippen molar-refractivity contribution in [2.24, 2.45) is 0 Å². The molecule has 3 heterocycles. The third-order valence-electron chi connectivity index (χ3n) is 4.41. The lowest BCUT2D eigenvalue weighted by Crippen LogP contribution is -2.46. The Kier molecular flexibility index (Phi) is 4.15. The molecule has 1 saturated heterocycles. The first-order chi connectivity index (χ1) is 10.9. The predicted molar refractivity (Wildman–Crippen MR) is 88.7 cm³/mol. The maximum atomic E-state index is 12.0. The second kappa shape index (κ2) is 5.97. The van der Waals surface area contributed by atoms with Gasteiger partial charge in [0.2, 0.25) is 15.7 Å². The normalized spacial score (nSPS) is 17.3. The summed E-state index contributed by atoms with van der Waals surface area (Å²) in [6, 6.07) is 2.01. The summed E-state index contributed by atoms with van der Waals surface area (Å²) in [5, 5.41) is 0. The van der Waals surface area contributed by atoms with E-state index in [1.54, 1.807) is 20.2 Å². The highest BCUT2D eigenvalue weighted by Crippen LogP contribution is 2.30. The smallest absolute Gasteiger partial charge is 0.294 e. The Bertz CT molecular complexity index is 796. The zero-order chi connectivity index (χ0) is 16.6. The zero-order valence-corrected chi connectivity index (χ0v) is 14.1. The Morgan fingerprint density at radius 3 is 2.78 bits per heavy atom. The lowest BCUT2D eigenvalue weighted by molar-refractivity contribution is 0.312. The van der Waals surface area contributed by atoms with Crippen LogP contribution in [0.2, 0.25) is 0 Å². The molecular formula is C14H21N5O3S. The average Bonchev–Trinajstić information content (AvgIpc) is 2.94. The van der Waals surface area contributed by atoms with Crippen molar-refractivity contribution in [3.8, 4) is 0 Å². The molecule has 2 N–H and O–H groups in total. The van der Waals surface area contributed by atoms with Crippen molar-refractivity contribution < 1.29 is 12.8 Å². The fourth-order valence-corrected chi connectivity index (χ4v) is 4.06. The summed E-state index contributed by atoms with van der Waals surface area (Å²) < 4.78 is 31.0. The van der Waals surface area contributed by atoms with Gasteiger partial charge in [-0.25, -0.2) is 17.7 Å². The van der Waals surface area contributed by atoms with E-state index in [0.717, 1.165) is 31.6 Å². The summed E-state index contributed by atoms with van der Waals surface area (Å²) >= 11 is 0. The second-order valence-electron chi connectivity index (χ2n) is 5.67. The van der Waals surface area contributed by atoms with Gasteiger partial charge in [0, 0.05) is 32.4 Å². The zero-order valence-electron chi connectivity index (χ0n) is 13.3. The van der Waals surface area contributed by atoms with Crippen molar-refractivity contribution in [3.63, 3.8) is 0 Å². The van der Waals surface area contributed by atoms with E-state index in [1.807, 2.05) is 6.07 Å². The number of rotatable bonds is 4. The number of anilines is 2. The van der Waals surface area contributed by atoms with E-state index in [9.17, 15) is 8.42 Å². The van der Waals surface area contributed by atoms with Gasteiger partial charge in [-0.05, 0) is 25.8 Å². The van der Waals surface area contributed by atoms with E-state index in [0.29, 0.717) is 11.2 Å². The lowest BCUT2D eigenvalue weighted by atomic mass is 10.0. The average molecular weight is 339 g/mol. The van der Waals surface area contributed by atoms with Crippen molar-refractivity contribution in [3.05, 3.63) is 12.3 Å². The van der Waals surface area contributed by atoms with E-state index < -0.39 is 10.0 Å². The van der Waals surface area contributed by atoms with E-state index in [1.165, 1.54) is 4.31 Å².